The first-order valence-electron chi connectivity index (χ1n) is 22.9. The number of hydrogen-bond acceptors (Lipinski definition) is 10. The van der Waals surface area contributed by atoms with Crippen LogP contribution in [0.5, 0.6) is 0 Å². The van der Waals surface area contributed by atoms with Crippen LogP contribution < -0.4 is 5.32 Å². The van der Waals surface area contributed by atoms with E-state index in [0.29, 0.717) is 24.2 Å². The average Bonchev–Trinajstić information content (AvgIpc) is 4.26. The molecule has 11 nitrogen and oxygen atoms in total. The highest BCUT2D eigenvalue weighted by Gasteiger charge is 2.39. The summed E-state index contributed by atoms with van der Waals surface area (Å²) in [5, 5.41) is 4.75. The number of benzene rings is 4. The van der Waals surface area contributed by atoms with E-state index in [-0.39, 0.29) is 42.0 Å². The summed E-state index contributed by atoms with van der Waals surface area (Å²) in [6.45, 7) is 1.20. The Hall–Kier alpha value is -7.48. The number of nitrogens with one attached hydrogen (secondary N) is 1. The fraction of sp³-hybridized carbons (Fsp3) is 0.200. The molecule has 0 saturated carbocycles. The third kappa shape index (κ3) is 9.53. The summed E-state index contributed by atoms with van der Waals surface area (Å²) in [4.78, 5) is 79.0. The molecule has 2 fully saturated rings. The van der Waals surface area contributed by atoms with E-state index in [1.807, 2.05) is 82.9 Å². The minimum atomic E-state index is -0.854. The Morgan fingerprint density at radius 2 is 1.03 bits per heavy atom. The number of thiazole rings is 2. The van der Waals surface area contributed by atoms with Crippen molar-refractivity contribution in [2.75, 3.05) is 13.1 Å². The van der Waals surface area contributed by atoms with Gasteiger partial charge in [-0.15, -0.1) is 22.7 Å². The largest absolute Gasteiger partial charge is 0.336 e. The number of rotatable bonds is 14. The van der Waals surface area contributed by atoms with Crippen LogP contribution in [0.1, 0.15) is 98.0 Å². The van der Waals surface area contributed by atoms with Crippen molar-refractivity contribution in [3.8, 4) is 32.0 Å². The Labute approximate surface area is 402 Å². The molecule has 0 aliphatic carbocycles. The van der Waals surface area contributed by atoms with Crippen molar-refractivity contribution in [3.63, 3.8) is 0 Å². The van der Waals surface area contributed by atoms with E-state index in [1.54, 1.807) is 65.5 Å². The van der Waals surface area contributed by atoms with Gasteiger partial charge in [-0.25, -0.2) is 9.97 Å². The van der Waals surface area contributed by atoms with Crippen molar-refractivity contribution in [1.82, 2.24) is 35.1 Å². The van der Waals surface area contributed by atoms with Crippen LogP contribution in [0.25, 0.3) is 32.0 Å². The lowest BCUT2D eigenvalue weighted by Crippen LogP contribution is -2.42. The number of Topliss-reactive ketones (excluding diaryl/α,β-unsaturated/α-hetero) is 1. The molecule has 4 aromatic carbocycles. The molecule has 4 atom stereocenters. The maximum atomic E-state index is 14.4. The van der Waals surface area contributed by atoms with Crippen molar-refractivity contribution in [3.05, 3.63) is 203 Å². The summed E-state index contributed by atoms with van der Waals surface area (Å²) in [5.74, 6) is -1.28. The van der Waals surface area contributed by atoms with Gasteiger partial charge in [-0.1, -0.05) is 109 Å². The van der Waals surface area contributed by atoms with Crippen LogP contribution in [0.4, 0.5) is 0 Å². The first-order valence-corrected chi connectivity index (χ1v) is 24.5. The highest BCUT2D eigenvalue weighted by molar-refractivity contribution is 7.15. The smallest absolute Gasteiger partial charge is 0.253 e. The number of nitrogens with zero attached hydrogens (tertiary/aromatic N) is 6. The Balaban J connectivity index is 0.800. The second-order valence-corrected chi connectivity index (χ2v) is 19.2. The quantitative estimate of drug-likeness (QED) is 0.106. The van der Waals surface area contributed by atoms with Gasteiger partial charge in [0.15, 0.2) is 5.78 Å². The number of carbonyl (C=O) groups is 4. The van der Waals surface area contributed by atoms with Crippen LogP contribution in [-0.4, -0.2) is 66.3 Å². The Kier molecular flexibility index (Phi) is 13.2. The van der Waals surface area contributed by atoms with Gasteiger partial charge in [0.25, 0.3) is 5.91 Å². The number of ketones is 1. The van der Waals surface area contributed by atoms with Crippen molar-refractivity contribution in [2.45, 2.75) is 56.1 Å². The number of aromatic nitrogens is 4. The van der Waals surface area contributed by atoms with Gasteiger partial charge in [-0.3, -0.25) is 29.1 Å². The summed E-state index contributed by atoms with van der Waals surface area (Å²) in [6.07, 6.45) is 13.5. The second-order valence-electron chi connectivity index (χ2n) is 17.1. The van der Waals surface area contributed by atoms with Gasteiger partial charge in [0, 0.05) is 62.3 Å². The first-order chi connectivity index (χ1) is 33.4. The predicted molar refractivity (Wildman–Crippen MR) is 265 cm³/mol. The molecule has 2 aliphatic heterocycles. The van der Waals surface area contributed by atoms with Crippen LogP contribution in [0.15, 0.2) is 171 Å². The van der Waals surface area contributed by atoms with Gasteiger partial charge in [0.05, 0.1) is 33.3 Å². The lowest BCUT2D eigenvalue weighted by Gasteiger charge is -2.28. The second kappa shape index (κ2) is 20.2. The lowest BCUT2D eigenvalue weighted by atomic mass is 9.90. The molecule has 0 spiro atoms. The van der Waals surface area contributed by atoms with Crippen LogP contribution in [0.3, 0.4) is 0 Å². The van der Waals surface area contributed by atoms with Crippen molar-refractivity contribution in [2.24, 2.45) is 0 Å². The maximum Gasteiger partial charge on any atom is 0.253 e. The summed E-state index contributed by atoms with van der Waals surface area (Å²) in [5.41, 5.74) is 6.70. The van der Waals surface area contributed by atoms with E-state index < -0.39 is 12.0 Å². The molecule has 13 heteroatoms. The number of pyridine rings is 2. The fourth-order valence-corrected chi connectivity index (χ4v) is 11.4. The highest BCUT2D eigenvalue weighted by Crippen LogP contribution is 2.41. The normalized spacial score (nSPS) is 16.6. The lowest BCUT2D eigenvalue weighted by molar-refractivity contribution is -0.134. The summed E-state index contributed by atoms with van der Waals surface area (Å²) < 4.78 is 0. The minimum absolute atomic E-state index is 0.0513. The number of likely N-dealkylation sites (tertiary alicyclic amines) is 2. The van der Waals surface area contributed by atoms with E-state index >= 15 is 0 Å². The molecular weight excluding hydrogens is 887 g/mol. The van der Waals surface area contributed by atoms with E-state index in [1.165, 1.54) is 6.20 Å². The summed E-state index contributed by atoms with van der Waals surface area (Å²) >= 11 is 3.21. The van der Waals surface area contributed by atoms with Crippen molar-refractivity contribution < 1.29 is 19.2 Å². The number of carbonyl (C=O) groups excluding carboxylic acids is 4. The Morgan fingerprint density at radius 3 is 1.54 bits per heavy atom. The molecule has 10 rings (SSSR count). The van der Waals surface area contributed by atoms with E-state index in [2.05, 4.69) is 63.8 Å². The van der Waals surface area contributed by atoms with Crippen LogP contribution in [-0.2, 0) is 9.59 Å². The van der Waals surface area contributed by atoms with Crippen molar-refractivity contribution >= 4 is 46.2 Å². The highest BCUT2D eigenvalue weighted by atomic mass is 32.1. The summed E-state index contributed by atoms with van der Waals surface area (Å²) in [6, 6.07) is 41.6. The van der Waals surface area contributed by atoms with Crippen LogP contribution in [0.2, 0.25) is 0 Å². The SMILES string of the molecule is O=C(C[C@H](C(=O)N1CCC[C@H]1c1ncc(-c2ccc(-c3ccc(-c4cnc([C@@H]5CCCN5C(=O)[C@H](NC(=O)c5cccnc5)c5ccccc5)s4)cc3)cc2)s1)c1ccccc1)c1cccnc1. The van der Waals surface area contributed by atoms with Gasteiger partial charge in [0.2, 0.25) is 11.8 Å². The zero-order valence-electron chi connectivity index (χ0n) is 37.1. The number of hydrogen-bond donors (Lipinski definition) is 1. The molecule has 338 valence electrons. The molecule has 0 unspecified atom stereocenters. The van der Waals surface area contributed by atoms with E-state index in [0.717, 1.165) is 78.8 Å². The van der Waals surface area contributed by atoms with E-state index in [9.17, 15) is 19.2 Å². The van der Waals surface area contributed by atoms with Gasteiger partial charge < -0.3 is 15.1 Å². The van der Waals surface area contributed by atoms with Gasteiger partial charge >= 0.3 is 0 Å². The fourth-order valence-electron chi connectivity index (χ4n) is 9.25. The maximum absolute atomic E-state index is 14.4. The summed E-state index contributed by atoms with van der Waals surface area (Å²) in [7, 11) is 0. The first kappa shape index (κ1) is 44.4. The molecule has 4 aromatic heterocycles. The molecule has 0 radical (unpaired) electrons. The molecule has 2 saturated heterocycles. The average molecular weight is 934 g/mol. The minimum Gasteiger partial charge on any atom is -0.336 e. The molecule has 68 heavy (non-hydrogen) atoms. The molecule has 3 amide bonds. The third-order valence-corrected chi connectivity index (χ3v) is 15.1. The zero-order chi connectivity index (χ0) is 46.4. The van der Waals surface area contributed by atoms with Crippen LogP contribution >= 0.6 is 22.7 Å². The van der Waals surface area contributed by atoms with Gasteiger partial charge in [-0.05, 0) is 83.3 Å². The van der Waals surface area contributed by atoms with Crippen molar-refractivity contribution in [1.29, 1.82) is 0 Å². The van der Waals surface area contributed by atoms with Gasteiger partial charge in [-0.2, -0.15) is 0 Å². The zero-order valence-corrected chi connectivity index (χ0v) is 38.7. The number of amides is 3. The van der Waals surface area contributed by atoms with Crippen LogP contribution in [0, 0.1) is 0 Å². The monoisotopic (exact) mass is 933 g/mol. The Morgan fingerprint density at radius 1 is 0.544 bits per heavy atom. The molecule has 1 N–H and O–H groups in total. The molecule has 0 bridgehead atoms. The molecule has 8 aromatic rings. The van der Waals surface area contributed by atoms with Gasteiger partial charge in [0.1, 0.15) is 16.1 Å². The molecule has 2 aliphatic rings. The van der Waals surface area contributed by atoms with E-state index in [4.69, 9.17) is 9.97 Å². The molecule has 6 heterocycles. The standard InChI is InChI=1S/C55H47N7O4S2/c63-47(42-15-7-27-56-32-42)31-44(38-11-3-1-4-12-38)54(65)61-29-9-17-45(61)52-58-34-48(67-52)39-23-19-36(20-24-39)37-21-25-40(26-22-37)49-35-59-53(68-49)46-18-10-30-62(46)55(66)50(41-13-5-2-6-14-41)60-51(64)43-16-8-28-57-33-43/h1-8,11-16,19-28,32-35,44-46,50H,9-10,17-18,29-31H2,(H,60,64)/t44-,45-,46-,50+/m0/s1. The predicted octanol–water partition coefficient (Wildman–Crippen LogP) is 10.9. The molecular formula is C55H47N7O4S2. The topological polar surface area (TPSA) is 138 Å². The third-order valence-electron chi connectivity index (χ3n) is 12.8. The Bertz CT molecular complexity index is 2810.